The number of unbranched alkanes of at least 4 members (excludes halogenated alkanes) is 1. The Bertz CT molecular complexity index is 2980. The van der Waals surface area contributed by atoms with Crippen LogP contribution in [0.3, 0.4) is 0 Å². The summed E-state index contributed by atoms with van der Waals surface area (Å²) in [6.45, 7) is 4.42. The molecule has 3 aromatic rings. The molecule has 1 aromatic heterocycles. The minimum Gasteiger partial charge on any atom is -0.494 e. The number of aliphatic carboxylic acids is 3. The minimum atomic E-state index is -3.18. The number of hydrogen-bond donors (Lipinski definition) is 8. The van der Waals surface area contributed by atoms with Crippen LogP contribution >= 0.6 is 11.8 Å². The van der Waals surface area contributed by atoms with E-state index >= 15 is 0 Å². The van der Waals surface area contributed by atoms with Crippen LogP contribution in [-0.4, -0.2) is 293 Å². The van der Waals surface area contributed by atoms with Gasteiger partial charge in [0.2, 0.25) is 23.6 Å². The summed E-state index contributed by atoms with van der Waals surface area (Å²) < 4.78 is 33.8. The predicted molar refractivity (Wildman–Crippen MR) is 336 cm³/mol. The van der Waals surface area contributed by atoms with Crippen LogP contribution in [0.1, 0.15) is 66.4 Å². The van der Waals surface area contributed by atoms with Gasteiger partial charge in [-0.25, -0.2) is 8.78 Å². The quantitative estimate of drug-likeness (QED) is 0.0383. The van der Waals surface area contributed by atoms with Crippen molar-refractivity contribution in [1.82, 2.24) is 60.6 Å². The molecule has 504 valence electrons. The number of alkyl halides is 2. The number of nitrogens with zero attached hydrogens (tertiary/aromatic N) is 9. The zero-order chi connectivity index (χ0) is 66.6. The fraction of sp³-hybridized carbons (Fsp3) is 0.597. The van der Waals surface area contributed by atoms with Crippen molar-refractivity contribution in [1.29, 1.82) is 5.26 Å². The van der Waals surface area contributed by atoms with Crippen LogP contribution in [-0.2, 0) is 44.8 Å². The van der Waals surface area contributed by atoms with E-state index in [0.717, 1.165) is 35.4 Å². The van der Waals surface area contributed by atoms with Gasteiger partial charge in [0.05, 0.1) is 63.0 Å². The molecule has 3 saturated heterocycles. The van der Waals surface area contributed by atoms with Gasteiger partial charge in [0.25, 0.3) is 17.7 Å². The van der Waals surface area contributed by atoms with Gasteiger partial charge in [0.1, 0.15) is 23.9 Å². The SMILES string of the molecule is Cc1ccc(CCCC(=O)NCCC[C@H](NC(=O)CN2CCN(CC(=O)O)CCN(CC(=O)O)CCN(CC(=O)O)CC2)C(=O)NCCSC[C@@H](O)C(=O)N2CCN(CCCCOc3ccc4nccc(C(=O)NCC(=O)N5CC(F)(F)C[C@@H]5C#N)c4c3)CC2)cc1. The number of fused-ring (bicyclic) bond motifs is 1. The monoisotopic (exact) mass is 1310 g/mol. The van der Waals surface area contributed by atoms with Crippen LogP contribution in [0.4, 0.5) is 8.78 Å². The first-order valence-electron chi connectivity index (χ1n) is 31.1. The fourth-order valence-corrected chi connectivity index (χ4v) is 11.7. The fourth-order valence-electron chi connectivity index (χ4n) is 11.0. The Morgan fingerprint density at radius 3 is 1.95 bits per heavy atom. The van der Waals surface area contributed by atoms with Gasteiger partial charge in [-0.15, -0.1) is 0 Å². The number of pyridine rings is 1. The molecule has 0 radical (unpaired) electrons. The van der Waals surface area contributed by atoms with Crippen molar-refractivity contribution in [3.63, 3.8) is 0 Å². The second-order valence-corrected chi connectivity index (χ2v) is 24.4. The zero-order valence-electron chi connectivity index (χ0n) is 52.1. The van der Waals surface area contributed by atoms with Crippen molar-refractivity contribution in [3.05, 3.63) is 71.4 Å². The first-order valence-corrected chi connectivity index (χ1v) is 32.3. The summed E-state index contributed by atoms with van der Waals surface area (Å²) in [5.41, 5.74) is 2.97. The molecule has 6 amide bonds. The van der Waals surface area contributed by atoms with Crippen LogP contribution in [0, 0.1) is 18.3 Å². The maximum Gasteiger partial charge on any atom is 0.317 e. The van der Waals surface area contributed by atoms with Gasteiger partial charge >= 0.3 is 17.9 Å². The number of nitrogens with one attached hydrogen (secondary N) is 4. The van der Waals surface area contributed by atoms with E-state index < -0.39 is 91.1 Å². The lowest BCUT2D eigenvalue weighted by Gasteiger charge is -2.35. The smallest absolute Gasteiger partial charge is 0.317 e. The molecule has 3 atom stereocenters. The van der Waals surface area contributed by atoms with Crippen LogP contribution in [0.2, 0.25) is 0 Å². The van der Waals surface area contributed by atoms with Crippen molar-refractivity contribution in [2.45, 2.75) is 82.4 Å². The molecule has 30 heteroatoms. The normalized spacial score (nSPS) is 17.9. The van der Waals surface area contributed by atoms with E-state index in [1.165, 1.54) is 24.0 Å². The Balaban J connectivity index is 0.923. The standard InChI is InChI=1S/C62H87F2N13O14S/c1-44-9-11-45(12-10-44)6-4-8-53(79)67-16-5-7-51(70-54(80)38-72-20-22-73(39-56(82)83)24-26-75(41-58(86)87)27-25-74(23-21-72)40-57(84)85)60(89)68-18-33-92-42-52(78)61(90)76-30-28-71(29-31-76)19-2-3-32-91-47-13-14-50-49(34-47)48(15-17-66-50)59(88)69-37-55(81)77-43-62(63,64)35-46(77)36-65/h9-15,17,34,46,51-52,78H,2-8,16,18-33,35,37-43H2,1H3,(H,67,79)(H,68,89)(H,69,88)(H,70,80)(H,82,83)(H,84,85)(H,86,87)/t46-,51+,52-/m1/s1. The topological polar surface area (TPSA) is 351 Å². The third kappa shape index (κ3) is 25.8. The van der Waals surface area contributed by atoms with Crippen LogP contribution in [0.15, 0.2) is 54.7 Å². The average molecular weight is 1310 g/mol. The molecular formula is C62H87F2N13O14S. The Labute approximate surface area is 538 Å². The molecule has 3 fully saturated rings. The first-order chi connectivity index (χ1) is 44.0. The number of rotatable bonds is 33. The number of likely N-dealkylation sites (tertiary alicyclic amines) is 1. The number of thioether (sulfide) groups is 1. The lowest BCUT2D eigenvalue weighted by Crippen LogP contribution is -2.52. The van der Waals surface area contributed by atoms with Crippen molar-refractivity contribution in [2.24, 2.45) is 0 Å². The number of aliphatic hydroxyl groups is 1. The number of aryl methyl sites for hydroxylation is 2. The highest BCUT2D eigenvalue weighted by molar-refractivity contribution is 7.99. The van der Waals surface area contributed by atoms with E-state index in [1.807, 2.05) is 31.2 Å². The summed E-state index contributed by atoms with van der Waals surface area (Å²) in [7, 11) is 0. The number of nitriles is 1. The molecule has 4 heterocycles. The van der Waals surface area contributed by atoms with Gasteiger partial charge in [-0.3, -0.25) is 72.6 Å². The molecule has 8 N–H and O–H groups in total. The minimum absolute atomic E-state index is 0.0718. The molecule has 27 nitrogen and oxygen atoms in total. The van der Waals surface area contributed by atoms with Gasteiger partial charge in [-0.1, -0.05) is 29.8 Å². The molecule has 0 bridgehead atoms. The molecular weight excluding hydrogens is 1220 g/mol. The number of carbonyl (C=O) groups is 9. The van der Waals surface area contributed by atoms with Crippen LogP contribution < -0.4 is 26.0 Å². The van der Waals surface area contributed by atoms with E-state index in [2.05, 4.69) is 31.2 Å². The number of amides is 6. The maximum atomic E-state index is 13.9. The summed E-state index contributed by atoms with van der Waals surface area (Å²) >= 11 is 1.27. The molecule has 0 aliphatic carbocycles. The third-order valence-electron chi connectivity index (χ3n) is 16.0. The molecule has 0 unspecified atom stereocenters. The van der Waals surface area contributed by atoms with Gasteiger partial charge < -0.3 is 56.2 Å². The number of ether oxygens (including phenoxy) is 1. The van der Waals surface area contributed by atoms with Gasteiger partial charge in [0.15, 0.2) is 0 Å². The zero-order valence-corrected chi connectivity index (χ0v) is 52.9. The molecule has 6 rings (SSSR count). The first kappa shape index (κ1) is 73.4. The second-order valence-electron chi connectivity index (χ2n) is 23.3. The highest BCUT2D eigenvalue weighted by atomic mass is 32.2. The number of piperazine rings is 1. The third-order valence-corrected chi connectivity index (χ3v) is 17.1. The Kier molecular flexibility index (Phi) is 30.1. The highest BCUT2D eigenvalue weighted by Crippen LogP contribution is 2.32. The van der Waals surface area contributed by atoms with E-state index in [4.69, 9.17) is 4.74 Å². The summed E-state index contributed by atoms with van der Waals surface area (Å²) in [6, 6.07) is 14.1. The number of benzene rings is 2. The molecule has 0 saturated carbocycles. The van der Waals surface area contributed by atoms with Gasteiger partial charge in [-0.2, -0.15) is 17.0 Å². The van der Waals surface area contributed by atoms with Crippen LogP contribution in [0.25, 0.3) is 10.9 Å². The predicted octanol–water partition coefficient (Wildman–Crippen LogP) is 0.426. The number of carboxylic acid groups (broad SMARTS) is 3. The molecule has 2 aromatic carbocycles. The largest absolute Gasteiger partial charge is 0.494 e. The molecule has 92 heavy (non-hydrogen) atoms. The number of halogens is 2. The van der Waals surface area contributed by atoms with E-state index in [9.17, 15) is 77.6 Å². The van der Waals surface area contributed by atoms with Crippen molar-refractivity contribution >= 4 is 76.0 Å². The molecule has 3 aliphatic heterocycles. The Hall–Kier alpha value is -7.66. The maximum absolute atomic E-state index is 13.9. The van der Waals surface area contributed by atoms with E-state index in [-0.39, 0.29) is 115 Å². The van der Waals surface area contributed by atoms with Crippen LogP contribution in [0.5, 0.6) is 5.75 Å². The molecule has 0 spiro atoms. The average Bonchev–Trinajstić information content (AvgIpc) is 1.40. The van der Waals surface area contributed by atoms with Crippen molar-refractivity contribution in [2.75, 3.05) is 156 Å². The summed E-state index contributed by atoms with van der Waals surface area (Å²) in [4.78, 5) is 131. The Morgan fingerprint density at radius 1 is 0.728 bits per heavy atom. The summed E-state index contributed by atoms with van der Waals surface area (Å²) in [6.07, 6.45) is 3.04. The number of carbonyl (C=O) groups excluding carboxylic acids is 6. The second kappa shape index (κ2) is 37.8. The van der Waals surface area contributed by atoms with E-state index in [1.54, 1.807) is 48.8 Å². The Morgan fingerprint density at radius 2 is 1.34 bits per heavy atom. The van der Waals surface area contributed by atoms with Gasteiger partial charge in [0, 0.05) is 128 Å². The van der Waals surface area contributed by atoms with Crippen molar-refractivity contribution < 1.29 is 77.1 Å². The lowest BCUT2D eigenvalue weighted by molar-refractivity contribution is -0.141. The van der Waals surface area contributed by atoms with E-state index in [0.29, 0.717) is 80.9 Å². The number of hydrogen-bond acceptors (Lipinski definition) is 19. The summed E-state index contributed by atoms with van der Waals surface area (Å²) in [5, 5.41) is 60.5. The summed E-state index contributed by atoms with van der Waals surface area (Å²) in [5.74, 6) is -8.53. The number of carboxylic acids is 3. The highest BCUT2D eigenvalue weighted by Gasteiger charge is 2.47. The lowest BCUT2D eigenvalue weighted by atomic mass is 10.1. The van der Waals surface area contributed by atoms with Crippen molar-refractivity contribution in [3.8, 4) is 11.8 Å². The molecule has 3 aliphatic rings. The number of aromatic nitrogens is 1. The van der Waals surface area contributed by atoms with Gasteiger partial charge in [-0.05, 0) is 81.8 Å². The number of aliphatic hydroxyl groups excluding tert-OH is 1.